The first kappa shape index (κ1) is 15.3. The minimum Gasteiger partial charge on any atom is -0.462 e. The summed E-state index contributed by atoms with van der Waals surface area (Å²) in [6.45, 7) is 5.97. The fourth-order valence-corrected chi connectivity index (χ4v) is 3.68. The molecule has 1 unspecified atom stereocenters. The number of nitrogens with one attached hydrogen (secondary N) is 1. The highest BCUT2D eigenvalue weighted by Crippen LogP contribution is 2.32. The van der Waals surface area contributed by atoms with E-state index in [9.17, 15) is 4.79 Å². The lowest BCUT2D eigenvalue weighted by Crippen LogP contribution is -2.11. The number of nitrogens with zero attached hydrogens (tertiary/aromatic N) is 1. The molecule has 1 atom stereocenters. The Morgan fingerprint density at radius 3 is 2.90 bits per heavy atom. The van der Waals surface area contributed by atoms with Gasteiger partial charge in [-0.05, 0) is 44.4 Å². The van der Waals surface area contributed by atoms with Crippen molar-refractivity contribution in [3.63, 3.8) is 0 Å². The smallest absolute Gasteiger partial charge is 0.343 e. The summed E-state index contributed by atoms with van der Waals surface area (Å²) in [5.41, 5.74) is 1.21. The van der Waals surface area contributed by atoms with E-state index in [1.54, 1.807) is 13.8 Å². The third-order valence-electron chi connectivity index (χ3n) is 2.71. The Hall–Kier alpha value is -1.11. The Morgan fingerprint density at radius 1 is 1.55 bits per heavy atom. The summed E-state index contributed by atoms with van der Waals surface area (Å²) in [4.78, 5) is 13.1. The summed E-state index contributed by atoms with van der Waals surface area (Å²) >= 11 is 8.73. The highest BCUT2D eigenvalue weighted by atomic mass is 35.5. The SMILES string of the molecule is CCOC(=O)c1c(C)nsc1NC(C)c1ccc(Cl)s1. The third kappa shape index (κ3) is 3.31. The van der Waals surface area contributed by atoms with Gasteiger partial charge in [0.2, 0.25) is 0 Å². The van der Waals surface area contributed by atoms with Gasteiger partial charge in [-0.3, -0.25) is 0 Å². The number of ether oxygens (including phenoxy) is 1. The lowest BCUT2D eigenvalue weighted by atomic mass is 10.2. The molecule has 0 saturated heterocycles. The maximum Gasteiger partial charge on any atom is 0.343 e. The minimum atomic E-state index is -0.335. The van der Waals surface area contributed by atoms with Crippen molar-refractivity contribution in [1.29, 1.82) is 0 Å². The van der Waals surface area contributed by atoms with E-state index < -0.39 is 0 Å². The van der Waals surface area contributed by atoms with Crippen LogP contribution in [-0.2, 0) is 4.74 Å². The van der Waals surface area contributed by atoms with E-state index in [-0.39, 0.29) is 12.0 Å². The van der Waals surface area contributed by atoms with Gasteiger partial charge < -0.3 is 10.1 Å². The number of anilines is 1. The predicted octanol–water partition coefficient (Wildman–Crippen LogP) is 4.52. The van der Waals surface area contributed by atoms with Crippen molar-refractivity contribution in [2.24, 2.45) is 0 Å². The molecule has 2 heterocycles. The zero-order valence-electron chi connectivity index (χ0n) is 11.4. The number of thiophene rings is 1. The van der Waals surface area contributed by atoms with E-state index in [1.165, 1.54) is 22.9 Å². The molecule has 0 aliphatic heterocycles. The first-order valence-corrected chi connectivity index (χ1v) is 8.14. The molecule has 2 aromatic rings. The molecule has 0 spiro atoms. The number of hydrogen-bond donors (Lipinski definition) is 1. The number of hydrogen-bond acceptors (Lipinski definition) is 6. The fourth-order valence-electron chi connectivity index (χ4n) is 1.74. The first-order valence-electron chi connectivity index (χ1n) is 6.18. The van der Waals surface area contributed by atoms with Crippen molar-refractivity contribution in [3.8, 4) is 0 Å². The van der Waals surface area contributed by atoms with Gasteiger partial charge in [-0.2, -0.15) is 4.37 Å². The Labute approximate surface area is 130 Å². The molecule has 0 radical (unpaired) electrons. The van der Waals surface area contributed by atoms with Crippen molar-refractivity contribution >= 4 is 45.4 Å². The highest BCUT2D eigenvalue weighted by molar-refractivity contribution is 7.16. The van der Waals surface area contributed by atoms with Crippen LogP contribution in [0.3, 0.4) is 0 Å². The van der Waals surface area contributed by atoms with Crippen molar-refractivity contribution < 1.29 is 9.53 Å². The zero-order valence-corrected chi connectivity index (χ0v) is 13.8. The van der Waals surface area contributed by atoms with Crippen molar-refractivity contribution in [2.75, 3.05) is 11.9 Å². The topological polar surface area (TPSA) is 51.2 Å². The quantitative estimate of drug-likeness (QED) is 0.819. The van der Waals surface area contributed by atoms with E-state index in [1.807, 2.05) is 19.1 Å². The number of aromatic nitrogens is 1. The van der Waals surface area contributed by atoms with E-state index in [0.717, 1.165) is 14.2 Å². The second-order valence-corrected chi connectivity index (χ2v) is 6.72. The van der Waals surface area contributed by atoms with Crippen LogP contribution in [0.2, 0.25) is 4.34 Å². The first-order chi connectivity index (χ1) is 9.52. The number of aryl methyl sites for hydroxylation is 1. The number of rotatable bonds is 5. The molecule has 0 amide bonds. The summed E-state index contributed by atoms with van der Waals surface area (Å²) in [7, 11) is 0. The summed E-state index contributed by atoms with van der Waals surface area (Å²) in [5, 5.41) is 4.04. The molecular weight excluding hydrogens is 316 g/mol. The van der Waals surface area contributed by atoms with Crippen LogP contribution in [-0.4, -0.2) is 16.9 Å². The standard InChI is InChI=1S/C13H15ClN2O2S2/c1-4-18-13(17)11-8(3)16-20-12(11)15-7(2)9-5-6-10(14)19-9/h5-7,15H,4H2,1-3H3. The van der Waals surface area contributed by atoms with Crippen LogP contribution < -0.4 is 5.32 Å². The molecule has 2 rings (SSSR count). The molecule has 108 valence electrons. The Balaban J connectivity index is 2.19. The predicted molar refractivity (Wildman–Crippen MR) is 84.2 cm³/mol. The number of carbonyl (C=O) groups excluding carboxylic acids is 1. The van der Waals surface area contributed by atoms with E-state index in [4.69, 9.17) is 16.3 Å². The van der Waals surface area contributed by atoms with Crippen LogP contribution in [0.1, 0.15) is 40.8 Å². The second kappa shape index (κ2) is 6.56. The molecule has 7 heteroatoms. The minimum absolute atomic E-state index is 0.0560. The van der Waals surface area contributed by atoms with E-state index >= 15 is 0 Å². The summed E-state index contributed by atoms with van der Waals surface area (Å²) in [6, 6.07) is 3.90. The molecule has 0 aromatic carbocycles. The number of esters is 1. The van der Waals surface area contributed by atoms with Crippen LogP contribution in [0.25, 0.3) is 0 Å². The van der Waals surface area contributed by atoms with Gasteiger partial charge in [0.05, 0.1) is 22.7 Å². The third-order valence-corrected chi connectivity index (χ3v) is 4.99. The Kier molecular flexibility index (Phi) is 5.01. The maximum absolute atomic E-state index is 12.0. The number of carbonyl (C=O) groups is 1. The molecule has 2 aromatic heterocycles. The van der Waals surface area contributed by atoms with Crippen LogP contribution >= 0.6 is 34.5 Å². The van der Waals surface area contributed by atoms with Crippen LogP contribution in [0.4, 0.5) is 5.00 Å². The summed E-state index contributed by atoms with van der Waals surface area (Å²) in [6.07, 6.45) is 0. The molecule has 0 aliphatic carbocycles. The molecule has 0 saturated carbocycles. The molecule has 0 bridgehead atoms. The van der Waals surface area contributed by atoms with Gasteiger partial charge in [0.15, 0.2) is 0 Å². The Bertz CT molecular complexity index is 609. The monoisotopic (exact) mass is 330 g/mol. The molecule has 20 heavy (non-hydrogen) atoms. The fraction of sp³-hybridized carbons (Fsp3) is 0.385. The summed E-state index contributed by atoms with van der Waals surface area (Å²) < 4.78 is 10.0. The van der Waals surface area contributed by atoms with Gasteiger partial charge in [-0.15, -0.1) is 11.3 Å². The van der Waals surface area contributed by atoms with Gasteiger partial charge >= 0.3 is 5.97 Å². The van der Waals surface area contributed by atoms with Crippen molar-refractivity contribution in [3.05, 3.63) is 32.6 Å². The maximum atomic E-state index is 12.0. The normalized spacial score (nSPS) is 12.2. The highest BCUT2D eigenvalue weighted by Gasteiger charge is 2.21. The van der Waals surface area contributed by atoms with Crippen molar-refractivity contribution in [2.45, 2.75) is 26.8 Å². The molecule has 0 fully saturated rings. The Morgan fingerprint density at radius 2 is 2.30 bits per heavy atom. The van der Waals surface area contributed by atoms with Crippen LogP contribution in [0, 0.1) is 6.92 Å². The van der Waals surface area contributed by atoms with E-state index in [0.29, 0.717) is 17.9 Å². The van der Waals surface area contributed by atoms with Gasteiger partial charge in [-0.1, -0.05) is 11.6 Å². The van der Waals surface area contributed by atoms with Crippen LogP contribution in [0.15, 0.2) is 12.1 Å². The van der Waals surface area contributed by atoms with Gasteiger partial charge in [0, 0.05) is 4.88 Å². The lowest BCUT2D eigenvalue weighted by molar-refractivity contribution is 0.0527. The van der Waals surface area contributed by atoms with Gasteiger partial charge in [-0.25, -0.2) is 4.79 Å². The second-order valence-electron chi connectivity index (χ2n) is 4.20. The summed E-state index contributed by atoms with van der Waals surface area (Å²) in [5.74, 6) is -0.335. The van der Waals surface area contributed by atoms with Gasteiger partial charge in [0.25, 0.3) is 0 Å². The molecule has 0 aliphatic rings. The average molecular weight is 331 g/mol. The molecule has 1 N–H and O–H groups in total. The molecule has 4 nitrogen and oxygen atoms in total. The molecular formula is C13H15ClN2O2S2. The van der Waals surface area contributed by atoms with Gasteiger partial charge in [0.1, 0.15) is 10.6 Å². The lowest BCUT2D eigenvalue weighted by Gasteiger charge is -2.13. The number of halogens is 1. The van der Waals surface area contributed by atoms with E-state index in [2.05, 4.69) is 9.69 Å². The van der Waals surface area contributed by atoms with Crippen molar-refractivity contribution in [1.82, 2.24) is 4.37 Å². The van der Waals surface area contributed by atoms with Crippen LogP contribution in [0.5, 0.6) is 0 Å². The largest absolute Gasteiger partial charge is 0.462 e. The average Bonchev–Trinajstić information content (AvgIpc) is 2.96. The zero-order chi connectivity index (χ0) is 14.7.